The van der Waals surface area contributed by atoms with Gasteiger partial charge >= 0.3 is 6.09 Å². The Bertz CT molecular complexity index is 2420. The number of alkyl carbamates (subject to hydrolysis) is 1. The highest BCUT2D eigenvalue weighted by Gasteiger charge is 2.54. The van der Waals surface area contributed by atoms with Crippen molar-refractivity contribution in [2.45, 2.75) is 134 Å². The van der Waals surface area contributed by atoms with E-state index in [1.165, 1.54) is 4.90 Å². The molecule has 4 amide bonds. The number of para-hydroxylation sites is 2. The van der Waals surface area contributed by atoms with Crippen LogP contribution in [-0.4, -0.2) is 87.3 Å². The van der Waals surface area contributed by atoms with Crippen LogP contribution in [0.5, 0.6) is 6.01 Å². The van der Waals surface area contributed by atoms with Crippen LogP contribution in [0.25, 0.3) is 31.8 Å². The number of amides is 4. The van der Waals surface area contributed by atoms with Crippen LogP contribution < -0.4 is 20.5 Å². The number of unbranched alkanes of at least 4 members (excludes halogenated alkanes) is 3. The molecule has 4 aromatic rings. The number of ether oxygens (including phenoxy) is 2. The second kappa shape index (κ2) is 17.4. The monoisotopic (exact) mass is 875 g/mol. The Balaban J connectivity index is 1.00. The van der Waals surface area contributed by atoms with Crippen molar-refractivity contribution in [3.8, 4) is 16.6 Å². The van der Waals surface area contributed by atoms with E-state index in [0.29, 0.717) is 38.1 Å². The van der Waals surface area contributed by atoms with Gasteiger partial charge in [0, 0.05) is 23.9 Å². The number of primary amides is 1. The van der Waals surface area contributed by atoms with Gasteiger partial charge in [-0.15, -0.1) is 11.3 Å². The minimum atomic E-state index is -3.58. The fourth-order valence-corrected chi connectivity index (χ4v) is 10.4. The Morgan fingerprint density at radius 1 is 1.05 bits per heavy atom. The quantitative estimate of drug-likeness (QED) is 0.0751. The highest BCUT2D eigenvalue weighted by Crippen LogP contribution is 2.54. The summed E-state index contributed by atoms with van der Waals surface area (Å²) in [5.74, 6) is -1.94. The van der Waals surface area contributed by atoms with Crippen molar-refractivity contribution < 1.29 is 37.1 Å². The molecule has 0 spiro atoms. The molecule has 328 valence electrons. The molecule has 1 aliphatic heterocycles. The fourth-order valence-electron chi connectivity index (χ4n) is 8.06. The summed E-state index contributed by atoms with van der Waals surface area (Å²) >= 11 is 1.59. The number of thiazole rings is 1. The van der Waals surface area contributed by atoms with Gasteiger partial charge in [-0.25, -0.2) is 18.2 Å². The van der Waals surface area contributed by atoms with Crippen molar-refractivity contribution in [1.82, 2.24) is 29.5 Å². The molecule has 0 bridgehead atoms. The van der Waals surface area contributed by atoms with E-state index in [1.54, 1.807) is 32.1 Å². The average Bonchev–Trinajstić information content (AvgIpc) is 4.00. The Morgan fingerprint density at radius 3 is 2.49 bits per heavy atom. The van der Waals surface area contributed by atoms with Crippen molar-refractivity contribution in [2.75, 3.05) is 6.54 Å². The zero-order valence-electron chi connectivity index (χ0n) is 35.7. The second-order valence-electron chi connectivity index (χ2n) is 18.1. The summed E-state index contributed by atoms with van der Waals surface area (Å²) in [6.07, 6.45) is 7.71. The molecule has 2 aliphatic carbocycles. The Hall–Kier alpha value is -5.03. The van der Waals surface area contributed by atoms with Gasteiger partial charge in [0.25, 0.3) is 6.01 Å². The molecule has 3 fully saturated rings. The zero-order chi connectivity index (χ0) is 43.9. The number of sulfonamides is 1. The summed E-state index contributed by atoms with van der Waals surface area (Å²) in [7, 11) is -3.58. The molecule has 15 nitrogen and oxygen atoms in total. The average molecular weight is 876 g/mol. The first-order valence-electron chi connectivity index (χ1n) is 21.2. The number of likely N-dealkylation sites (tertiary alicyclic amines) is 1. The number of hydrogen-bond donors (Lipinski definition) is 3. The molecule has 61 heavy (non-hydrogen) atoms. The summed E-state index contributed by atoms with van der Waals surface area (Å²) in [6, 6.07) is 12.3. The predicted molar refractivity (Wildman–Crippen MR) is 234 cm³/mol. The molecule has 5 atom stereocenters. The third kappa shape index (κ3) is 10.2. The minimum Gasteiger partial charge on any atom is -0.459 e. The van der Waals surface area contributed by atoms with Crippen molar-refractivity contribution in [2.24, 2.45) is 17.1 Å². The molecule has 4 N–H and O–H groups in total. The van der Waals surface area contributed by atoms with Crippen molar-refractivity contribution in [1.29, 1.82) is 0 Å². The molecule has 7 rings (SSSR count). The maximum Gasteiger partial charge on any atom is 0.408 e. The van der Waals surface area contributed by atoms with E-state index in [0.717, 1.165) is 51.1 Å². The number of nitrogens with one attached hydrogen (secondary N) is 2. The van der Waals surface area contributed by atoms with Gasteiger partial charge < -0.3 is 25.4 Å². The number of imidazole rings is 1. The van der Waals surface area contributed by atoms with Crippen molar-refractivity contribution in [3.63, 3.8) is 0 Å². The van der Waals surface area contributed by atoms with Crippen LogP contribution in [0.4, 0.5) is 4.79 Å². The van der Waals surface area contributed by atoms with E-state index < -0.39 is 62.9 Å². The lowest BCUT2D eigenvalue weighted by Gasteiger charge is -2.28. The lowest BCUT2D eigenvalue weighted by Crippen LogP contribution is -2.53. The Labute approximate surface area is 360 Å². The summed E-state index contributed by atoms with van der Waals surface area (Å²) in [6.45, 7) is 11.3. The molecule has 2 saturated carbocycles. The van der Waals surface area contributed by atoms with Gasteiger partial charge in [0.05, 0.1) is 27.5 Å². The van der Waals surface area contributed by atoms with Gasteiger partial charge in [-0.3, -0.25) is 23.7 Å². The minimum absolute atomic E-state index is 0.0347. The van der Waals surface area contributed by atoms with Gasteiger partial charge in [0.2, 0.25) is 27.7 Å². The van der Waals surface area contributed by atoms with Crippen LogP contribution >= 0.6 is 11.3 Å². The number of nitrogens with zero attached hydrogens (tertiary/aromatic N) is 4. The summed E-state index contributed by atoms with van der Waals surface area (Å²) in [5, 5.41) is 3.15. The highest BCUT2D eigenvalue weighted by molar-refractivity contribution is 7.90. The number of benzene rings is 2. The van der Waals surface area contributed by atoms with Crippen LogP contribution in [0, 0.1) is 11.3 Å². The fraction of sp³-hybridized carbons (Fsp3) is 0.545. The predicted octanol–water partition coefficient (Wildman–Crippen LogP) is 6.76. The number of hydrogen-bond acceptors (Lipinski definition) is 11. The second-order valence-corrected chi connectivity index (χ2v) is 21.1. The van der Waals surface area contributed by atoms with E-state index in [2.05, 4.69) is 10.0 Å². The third-order valence-electron chi connectivity index (χ3n) is 11.5. The molecular weight excluding hydrogens is 819 g/mol. The molecule has 3 heterocycles. The zero-order valence-corrected chi connectivity index (χ0v) is 37.3. The molecular formula is C44H57N7O8S2. The Kier molecular flexibility index (Phi) is 12.6. The highest BCUT2D eigenvalue weighted by atomic mass is 32.2. The van der Waals surface area contributed by atoms with Gasteiger partial charge in [-0.2, -0.15) is 4.98 Å². The maximum atomic E-state index is 14.3. The standard InChI is InChI=1S/C44H57N7O8S2/c1-26(2)51-33-18-14-15-29(39-46-31-16-11-12-19-35(31)60-39)36(33)48-41(51)58-27-23-34(37(45)52)50(25-27)40(54)32(47-42(55)59-43(3,4)5)17-10-8-7-9-13-22-44(6)24-30(44)38(53)49-61(56,57)28-20-21-28/h11-16,18-19,22,26-28,30,32,34H,7-10,17,20-21,23-25H2,1-6H3,(H2,45,52)(H,47,55)(H,49,53)/b22-13-/t27?,30-,32+,34+,44?/m1/s1. The largest absolute Gasteiger partial charge is 0.459 e. The Morgan fingerprint density at radius 2 is 1.80 bits per heavy atom. The van der Waals surface area contributed by atoms with E-state index in [1.807, 2.05) is 80.0 Å². The van der Waals surface area contributed by atoms with Gasteiger partial charge in [-0.05, 0) is 103 Å². The topological polar surface area (TPSA) is 205 Å². The summed E-state index contributed by atoms with van der Waals surface area (Å²) in [4.78, 5) is 64.1. The van der Waals surface area contributed by atoms with Gasteiger partial charge in [0.15, 0.2) is 0 Å². The number of allylic oxidation sites excluding steroid dienone is 2. The first kappa shape index (κ1) is 44.0. The number of nitrogens with two attached hydrogens (primary N) is 1. The third-order valence-corrected chi connectivity index (χ3v) is 14.4. The van der Waals surface area contributed by atoms with E-state index in [9.17, 15) is 27.6 Å². The van der Waals surface area contributed by atoms with Crippen LogP contribution in [-0.2, 0) is 29.1 Å². The molecule has 2 unspecified atom stereocenters. The van der Waals surface area contributed by atoms with Crippen molar-refractivity contribution >= 4 is 66.4 Å². The van der Waals surface area contributed by atoms with Gasteiger partial charge in [0.1, 0.15) is 34.3 Å². The molecule has 2 aromatic carbocycles. The van der Waals surface area contributed by atoms with Crippen LogP contribution in [0.15, 0.2) is 54.6 Å². The smallest absolute Gasteiger partial charge is 0.408 e. The number of aromatic nitrogens is 3. The van der Waals surface area contributed by atoms with Crippen LogP contribution in [0.1, 0.15) is 105 Å². The molecule has 17 heteroatoms. The summed E-state index contributed by atoms with van der Waals surface area (Å²) in [5.41, 5.74) is 8.11. The van der Waals surface area contributed by atoms with E-state index in [-0.39, 0.29) is 30.3 Å². The van der Waals surface area contributed by atoms with E-state index in [4.69, 9.17) is 25.2 Å². The van der Waals surface area contributed by atoms with Gasteiger partial charge in [-0.1, -0.05) is 50.1 Å². The number of carbonyl (C=O) groups is 4. The number of rotatable bonds is 17. The number of carbonyl (C=O) groups excluding carboxylic acids is 4. The first-order valence-corrected chi connectivity index (χ1v) is 23.6. The molecule has 1 saturated heterocycles. The number of fused-ring (bicyclic) bond motifs is 2. The SMILES string of the molecule is CC(C)n1c(OC2C[C@@H](C(N)=O)N(C(=O)[C@H](CCCCC/C=C\C3(C)C[C@@H]3C(=O)NS(=O)(=O)C3CC3)NC(=O)OC(C)(C)C)C2)nc2c(-c3nc4ccccc4s3)cccc21. The molecule has 0 radical (unpaired) electrons. The normalized spacial score (nSPS) is 22.2. The van der Waals surface area contributed by atoms with Crippen LogP contribution in [0.3, 0.4) is 0 Å². The first-order chi connectivity index (χ1) is 28.8. The van der Waals surface area contributed by atoms with Crippen LogP contribution in [0.2, 0.25) is 0 Å². The summed E-state index contributed by atoms with van der Waals surface area (Å²) < 4.78 is 41.8. The lowest BCUT2D eigenvalue weighted by molar-refractivity contribution is -0.139. The molecule has 2 aromatic heterocycles. The maximum absolute atomic E-state index is 14.3. The van der Waals surface area contributed by atoms with E-state index >= 15 is 0 Å². The molecule has 3 aliphatic rings. The lowest BCUT2D eigenvalue weighted by atomic mass is 10.0. The van der Waals surface area contributed by atoms with Crippen molar-refractivity contribution in [3.05, 3.63) is 54.6 Å².